The lowest BCUT2D eigenvalue weighted by Gasteiger charge is -2.10. The maximum Gasteiger partial charge on any atom is 0.272 e. The van der Waals surface area contributed by atoms with Gasteiger partial charge in [0.25, 0.3) is 5.69 Å². The molecular formula is C14H11Cl2NO4. The van der Waals surface area contributed by atoms with Crippen LogP contribution in [-0.4, -0.2) is 10.0 Å². The van der Waals surface area contributed by atoms with Crippen molar-refractivity contribution in [3.05, 3.63) is 62.1 Å². The lowest BCUT2D eigenvalue weighted by Crippen LogP contribution is -1.93. The van der Waals surface area contributed by atoms with Gasteiger partial charge in [0, 0.05) is 12.1 Å². The molecule has 0 aliphatic heterocycles. The average Bonchev–Trinajstić information content (AvgIpc) is 2.43. The van der Waals surface area contributed by atoms with Crippen LogP contribution < -0.4 is 4.74 Å². The maximum absolute atomic E-state index is 10.7. The van der Waals surface area contributed by atoms with Crippen molar-refractivity contribution in [1.82, 2.24) is 0 Å². The number of ether oxygens (including phenoxy) is 1. The monoisotopic (exact) mass is 327 g/mol. The zero-order valence-corrected chi connectivity index (χ0v) is 12.4. The van der Waals surface area contributed by atoms with Gasteiger partial charge in [0.05, 0.1) is 21.1 Å². The first kappa shape index (κ1) is 15.6. The molecule has 0 fully saturated rings. The van der Waals surface area contributed by atoms with E-state index in [1.807, 2.05) is 0 Å². The Balaban J connectivity index is 2.29. The molecule has 1 atom stereocenters. The van der Waals surface area contributed by atoms with Gasteiger partial charge < -0.3 is 9.84 Å². The van der Waals surface area contributed by atoms with Crippen LogP contribution in [0.4, 0.5) is 5.69 Å². The molecule has 0 saturated carbocycles. The number of nitro groups is 1. The van der Waals surface area contributed by atoms with Gasteiger partial charge in [-0.2, -0.15) is 0 Å². The van der Waals surface area contributed by atoms with Crippen LogP contribution in [0.25, 0.3) is 0 Å². The van der Waals surface area contributed by atoms with Crippen LogP contribution in [-0.2, 0) is 0 Å². The van der Waals surface area contributed by atoms with E-state index < -0.39 is 11.0 Å². The third kappa shape index (κ3) is 3.64. The smallest absolute Gasteiger partial charge is 0.272 e. The zero-order valence-electron chi connectivity index (χ0n) is 10.9. The van der Waals surface area contributed by atoms with Crippen molar-refractivity contribution >= 4 is 28.9 Å². The van der Waals surface area contributed by atoms with E-state index in [2.05, 4.69) is 0 Å². The van der Waals surface area contributed by atoms with E-state index in [4.69, 9.17) is 27.9 Å². The lowest BCUT2D eigenvalue weighted by molar-refractivity contribution is -0.384. The highest BCUT2D eigenvalue weighted by molar-refractivity contribution is 6.37. The second kappa shape index (κ2) is 6.30. The topological polar surface area (TPSA) is 72.6 Å². The number of non-ortho nitro benzene ring substituents is 1. The highest BCUT2D eigenvalue weighted by Gasteiger charge is 2.16. The summed E-state index contributed by atoms with van der Waals surface area (Å²) < 4.78 is 5.54. The van der Waals surface area contributed by atoms with Crippen LogP contribution in [0.5, 0.6) is 11.5 Å². The lowest BCUT2D eigenvalue weighted by atomic mass is 10.1. The fourth-order valence-corrected chi connectivity index (χ4v) is 2.23. The number of hydrogen-bond acceptors (Lipinski definition) is 4. The minimum Gasteiger partial charge on any atom is -0.454 e. The van der Waals surface area contributed by atoms with E-state index in [9.17, 15) is 15.2 Å². The van der Waals surface area contributed by atoms with Gasteiger partial charge in [0.15, 0.2) is 5.75 Å². The normalized spacial score (nSPS) is 12.0. The molecule has 0 aliphatic carbocycles. The Morgan fingerprint density at radius 2 is 1.71 bits per heavy atom. The van der Waals surface area contributed by atoms with Gasteiger partial charge >= 0.3 is 0 Å². The molecule has 0 saturated heterocycles. The summed E-state index contributed by atoms with van der Waals surface area (Å²) in [7, 11) is 0. The Morgan fingerprint density at radius 3 is 2.14 bits per heavy atom. The van der Waals surface area contributed by atoms with Crippen molar-refractivity contribution in [2.24, 2.45) is 0 Å². The van der Waals surface area contributed by atoms with Crippen LogP contribution in [0.3, 0.4) is 0 Å². The number of benzene rings is 2. The minimum atomic E-state index is -0.584. The number of nitrogens with zero attached hydrogens (tertiary/aromatic N) is 1. The van der Waals surface area contributed by atoms with Gasteiger partial charge in [-0.15, -0.1) is 0 Å². The van der Waals surface area contributed by atoms with E-state index in [0.717, 1.165) is 5.56 Å². The van der Waals surface area contributed by atoms with E-state index in [1.165, 1.54) is 12.1 Å². The van der Waals surface area contributed by atoms with Crippen LogP contribution in [0.1, 0.15) is 18.6 Å². The van der Waals surface area contributed by atoms with Gasteiger partial charge in [-0.05, 0) is 24.6 Å². The van der Waals surface area contributed by atoms with E-state index in [0.29, 0.717) is 5.75 Å². The number of rotatable bonds is 4. The number of nitro benzene ring substituents is 1. The van der Waals surface area contributed by atoms with Gasteiger partial charge in [0.1, 0.15) is 5.75 Å². The molecule has 7 heteroatoms. The molecule has 0 spiro atoms. The molecule has 0 unspecified atom stereocenters. The average molecular weight is 328 g/mol. The Labute approximate surface area is 130 Å². The van der Waals surface area contributed by atoms with E-state index >= 15 is 0 Å². The highest BCUT2D eigenvalue weighted by atomic mass is 35.5. The standard InChI is InChI=1S/C14H11Cl2NO4/c1-8(18)9-2-4-11(5-3-9)21-14-12(15)6-10(17(19)20)7-13(14)16/h2-8,18H,1H3/t8-/m1/s1. The van der Waals surface area contributed by atoms with E-state index in [1.54, 1.807) is 31.2 Å². The summed E-state index contributed by atoms with van der Waals surface area (Å²) in [6.45, 7) is 1.65. The molecule has 2 rings (SSSR count). The summed E-state index contributed by atoms with van der Waals surface area (Å²) >= 11 is 11.9. The fourth-order valence-electron chi connectivity index (χ4n) is 1.68. The first-order chi connectivity index (χ1) is 9.88. The Morgan fingerprint density at radius 1 is 1.19 bits per heavy atom. The summed E-state index contributed by atoms with van der Waals surface area (Å²) in [6, 6.07) is 9.05. The number of hydrogen-bond donors (Lipinski definition) is 1. The molecule has 5 nitrogen and oxygen atoms in total. The largest absolute Gasteiger partial charge is 0.454 e. The predicted molar refractivity (Wildman–Crippen MR) is 80.3 cm³/mol. The molecule has 2 aromatic carbocycles. The summed E-state index contributed by atoms with van der Waals surface area (Å²) in [5.41, 5.74) is 0.532. The third-order valence-electron chi connectivity index (χ3n) is 2.78. The van der Waals surface area contributed by atoms with Gasteiger partial charge in [-0.1, -0.05) is 35.3 Å². The van der Waals surface area contributed by atoms with Crippen molar-refractivity contribution in [3.8, 4) is 11.5 Å². The molecule has 0 amide bonds. The van der Waals surface area contributed by atoms with Gasteiger partial charge in [-0.3, -0.25) is 10.1 Å². The third-order valence-corrected chi connectivity index (χ3v) is 3.34. The molecule has 1 N–H and O–H groups in total. The van der Waals surface area contributed by atoms with Crippen LogP contribution in [0.15, 0.2) is 36.4 Å². The zero-order chi connectivity index (χ0) is 15.6. The van der Waals surface area contributed by atoms with Crippen molar-refractivity contribution in [1.29, 1.82) is 0 Å². The number of halogens is 2. The Bertz CT molecular complexity index is 648. The summed E-state index contributed by atoms with van der Waals surface area (Å²) in [5.74, 6) is 0.603. The van der Waals surface area contributed by atoms with Crippen molar-refractivity contribution < 1.29 is 14.8 Å². The summed E-state index contributed by atoms with van der Waals surface area (Å²) in [4.78, 5) is 10.1. The van der Waals surface area contributed by atoms with Crippen molar-refractivity contribution in [2.45, 2.75) is 13.0 Å². The molecule has 2 aromatic rings. The summed E-state index contributed by atoms with van der Waals surface area (Å²) in [6.07, 6.45) is -0.578. The molecule has 0 aliphatic rings. The van der Waals surface area contributed by atoms with Gasteiger partial charge in [-0.25, -0.2) is 0 Å². The number of aliphatic hydroxyl groups excluding tert-OH is 1. The van der Waals surface area contributed by atoms with Crippen LogP contribution in [0, 0.1) is 10.1 Å². The molecule has 0 aromatic heterocycles. The molecule has 0 heterocycles. The predicted octanol–water partition coefficient (Wildman–Crippen LogP) is 4.75. The van der Waals surface area contributed by atoms with E-state index in [-0.39, 0.29) is 21.5 Å². The molecular weight excluding hydrogens is 317 g/mol. The highest BCUT2D eigenvalue weighted by Crippen LogP contribution is 2.39. The fraction of sp³-hybridized carbons (Fsp3) is 0.143. The first-order valence-corrected chi connectivity index (χ1v) is 6.73. The molecule has 0 radical (unpaired) electrons. The van der Waals surface area contributed by atoms with Crippen molar-refractivity contribution in [3.63, 3.8) is 0 Å². The number of aliphatic hydroxyl groups is 1. The second-order valence-corrected chi connectivity index (χ2v) is 5.16. The van der Waals surface area contributed by atoms with Gasteiger partial charge in [0.2, 0.25) is 0 Å². The Hall–Kier alpha value is -1.82. The molecule has 0 bridgehead atoms. The quantitative estimate of drug-likeness (QED) is 0.649. The second-order valence-electron chi connectivity index (χ2n) is 4.34. The molecule has 21 heavy (non-hydrogen) atoms. The summed E-state index contributed by atoms with van der Waals surface area (Å²) in [5, 5.41) is 20.2. The minimum absolute atomic E-state index is 0.0498. The van der Waals surface area contributed by atoms with Crippen molar-refractivity contribution in [2.75, 3.05) is 0 Å². The maximum atomic E-state index is 10.7. The SMILES string of the molecule is C[C@@H](O)c1ccc(Oc2c(Cl)cc([N+](=O)[O-])cc2Cl)cc1. The first-order valence-electron chi connectivity index (χ1n) is 5.98. The van der Waals surface area contributed by atoms with Crippen LogP contribution in [0.2, 0.25) is 10.0 Å². The Kier molecular flexibility index (Phi) is 4.67. The van der Waals surface area contributed by atoms with Crippen LogP contribution >= 0.6 is 23.2 Å². The molecule has 110 valence electrons.